The first-order valence-electron chi connectivity index (χ1n) is 9.89. The van der Waals surface area contributed by atoms with Crippen LogP contribution in [0.25, 0.3) is 0 Å². The number of amides is 2. The Morgan fingerprint density at radius 3 is 2.54 bits per heavy atom. The van der Waals surface area contributed by atoms with Gasteiger partial charge in [-0.1, -0.05) is 6.07 Å². The predicted octanol–water partition coefficient (Wildman–Crippen LogP) is 3.01. The van der Waals surface area contributed by atoms with Crippen LogP contribution in [0.2, 0.25) is 0 Å². The fourth-order valence-electron chi connectivity index (χ4n) is 4.04. The smallest absolute Gasteiger partial charge is 0.253 e. The first-order chi connectivity index (χ1) is 12.5. The molecule has 0 aliphatic carbocycles. The van der Waals surface area contributed by atoms with Crippen LogP contribution in [0.4, 0.5) is 5.69 Å². The minimum Gasteiger partial charge on any atom is -0.378 e. The molecule has 5 nitrogen and oxygen atoms in total. The van der Waals surface area contributed by atoms with Crippen molar-refractivity contribution >= 4 is 17.5 Å². The van der Waals surface area contributed by atoms with Gasteiger partial charge in [0, 0.05) is 57.9 Å². The van der Waals surface area contributed by atoms with E-state index in [9.17, 15) is 9.59 Å². The van der Waals surface area contributed by atoms with Crippen LogP contribution in [0.5, 0.6) is 0 Å². The molecule has 0 radical (unpaired) electrons. The third-order valence-corrected chi connectivity index (χ3v) is 5.64. The lowest BCUT2D eigenvalue weighted by molar-refractivity contribution is -0.130. The Bertz CT molecular complexity index is 638. The third kappa shape index (κ3) is 4.57. The van der Waals surface area contributed by atoms with E-state index < -0.39 is 0 Å². The van der Waals surface area contributed by atoms with Gasteiger partial charge in [0.25, 0.3) is 5.91 Å². The van der Waals surface area contributed by atoms with E-state index in [1.54, 1.807) is 0 Å². The number of nitrogens with zero attached hydrogens (tertiary/aromatic N) is 3. The summed E-state index contributed by atoms with van der Waals surface area (Å²) >= 11 is 0. The number of benzene rings is 1. The molecule has 1 unspecified atom stereocenters. The van der Waals surface area contributed by atoms with Crippen molar-refractivity contribution in [2.24, 2.45) is 5.92 Å². The lowest BCUT2D eigenvalue weighted by Crippen LogP contribution is -2.40. The second-order valence-electron chi connectivity index (χ2n) is 7.83. The van der Waals surface area contributed by atoms with Gasteiger partial charge in [-0.3, -0.25) is 9.59 Å². The molecule has 2 aliphatic rings. The molecule has 0 N–H and O–H groups in total. The Hall–Kier alpha value is -2.04. The number of anilines is 1. The van der Waals surface area contributed by atoms with E-state index in [2.05, 4.69) is 0 Å². The Kier molecular flexibility index (Phi) is 6.17. The quantitative estimate of drug-likeness (QED) is 0.814. The van der Waals surface area contributed by atoms with E-state index in [0.717, 1.165) is 69.5 Å². The average Bonchev–Trinajstić information content (AvgIpc) is 3.20. The first kappa shape index (κ1) is 18.7. The summed E-state index contributed by atoms with van der Waals surface area (Å²) in [5, 5.41) is 0. The molecule has 2 saturated heterocycles. The second kappa shape index (κ2) is 8.56. The summed E-state index contributed by atoms with van der Waals surface area (Å²) in [6, 6.07) is 7.82. The Morgan fingerprint density at radius 2 is 1.81 bits per heavy atom. The Morgan fingerprint density at radius 1 is 1.08 bits per heavy atom. The molecule has 1 aromatic rings. The van der Waals surface area contributed by atoms with Crippen molar-refractivity contribution < 1.29 is 9.59 Å². The van der Waals surface area contributed by atoms with Gasteiger partial charge in [-0.05, 0) is 56.2 Å². The molecular weight excluding hydrogens is 326 g/mol. The summed E-state index contributed by atoms with van der Waals surface area (Å²) in [6.45, 7) is 3.45. The molecule has 0 bridgehead atoms. The highest BCUT2D eigenvalue weighted by Crippen LogP contribution is 2.24. The van der Waals surface area contributed by atoms with E-state index in [1.807, 2.05) is 53.1 Å². The lowest BCUT2D eigenvalue weighted by atomic mass is 9.92. The van der Waals surface area contributed by atoms with Crippen LogP contribution in [-0.2, 0) is 4.79 Å². The average molecular weight is 357 g/mol. The number of hydrogen-bond acceptors (Lipinski definition) is 3. The zero-order valence-corrected chi connectivity index (χ0v) is 16.1. The standard InChI is InChI=1S/C21H31N3O2/c1-22(2)19-9-5-8-18(15-19)21(26)24-14-6-7-17(16-24)10-11-20(25)23-12-3-4-13-23/h5,8-9,15,17H,3-4,6-7,10-14,16H2,1-2H3. The van der Waals surface area contributed by atoms with E-state index in [0.29, 0.717) is 18.2 Å². The summed E-state index contributed by atoms with van der Waals surface area (Å²) in [6.07, 6.45) is 5.96. The van der Waals surface area contributed by atoms with Crippen molar-refractivity contribution in [3.05, 3.63) is 29.8 Å². The SMILES string of the molecule is CN(C)c1cccc(C(=O)N2CCCC(CCC(=O)N3CCCC3)C2)c1. The van der Waals surface area contributed by atoms with Gasteiger partial charge < -0.3 is 14.7 Å². The summed E-state index contributed by atoms with van der Waals surface area (Å²) < 4.78 is 0. The molecule has 26 heavy (non-hydrogen) atoms. The maximum absolute atomic E-state index is 12.9. The molecule has 1 atom stereocenters. The molecule has 2 heterocycles. The lowest BCUT2D eigenvalue weighted by Gasteiger charge is -2.33. The van der Waals surface area contributed by atoms with Crippen LogP contribution < -0.4 is 4.90 Å². The number of piperidine rings is 1. The largest absolute Gasteiger partial charge is 0.378 e. The van der Waals surface area contributed by atoms with Crippen LogP contribution in [0.15, 0.2) is 24.3 Å². The minimum absolute atomic E-state index is 0.115. The number of likely N-dealkylation sites (tertiary alicyclic amines) is 2. The van der Waals surface area contributed by atoms with E-state index in [1.165, 1.54) is 0 Å². The van der Waals surface area contributed by atoms with Crippen molar-refractivity contribution in [3.63, 3.8) is 0 Å². The molecule has 2 amide bonds. The molecule has 0 aromatic heterocycles. The highest BCUT2D eigenvalue weighted by atomic mass is 16.2. The number of hydrogen-bond donors (Lipinski definition) is 0. The summed E-state index contributed by atoms with van der Waals surface area (Å²) in [5.41, 5.74) is 1.80. The van der Waals surface area contributed by atoms with Crippen LogP contribution in [0, 0.1) is 5.92 Å². The summed E-state index contributed by atoms with van der Waals surface area (Å²) in [4.78, 5) is 31.2. The Labute approximate surface area is 156 Å². The van der Waals surface area contributed by atoms with Gasteiger partial charge in [-0.15, -0.1) is 0 Å². The topological polar surface area (TPSA) is 43.9 Å². The van der Waals surface area contributed by atoms with Crippen LogP contribution in [-0.4, -0.2) is 61.9 Å². The van der Waals surface area contributed by atoms with E-state index in [-0.39, 0.29) is 5.91 Å². The molecule has 0 saturated carbocycles. The zero-order valence-electron chi connectivity index (χ0n) is 16.1. The van der Waals surface area contributed by atoms with Crippen LogP contribution in [0.1, 0.15) is 48.9 Å². The molecule has 1 aromatic carbocycles. The molecule has 2 aliphatic heterocycles. The van der Waals surface area contributed by atoms with Gasteiger partial charge in [-0.25, -0.2) is 0 Å². The summed E-state index contributed by atoms with van der Waals surface area (Å²) in [7, 11) is 3.97. The highest BCUT2D eigenvalue weighted by molar-refractivity contribution is 5.95. The minimum atomic E-state index is 0.115. The number of carbonyl (C=O) groups is 2. The van der Waals surface area contributed by atoms with Gasteiger partial charge in [0.2, 0.25) is 5.91 Å². The van der Waals surface area contributed by atoms with Crippen LogP contribution in [0.3, 0.4) is 0 Å². The van der Waals surface area contributed by atoms with E-state index in [4.69, 9.17) is 0 Å². The highest BCUT2D eigenvalue weighted by Gasteiger charge is 2.26. The molecule has 142 valence electrons. The van der Waals surface area contributed by atoms with Crippen molar-refractivity contribution in [2.45, 2.75) is 38.5 Å². The van der Waals surface area contributed by atoms with Crippen molar-refractivity contribution in [3.8, 4) is 0 Å². The van der Waals surface area contributed by atoms with E-state index >= 15 is 0 Å². The fraction of sp³-hybridized carbons (Fsp3) is 0.619. The maximum atomic E-state index is 12.9. The van der Waals surface area contributed by atoms with Crippen molar-refractivity contribution in [1.29, 1.82) is 0 Å². The first-order valence-corrected chi connectivity index (χ1v) is 9.89. The molecule has 3 rings (SSSR count). The number of carbonyl (C=O) groups excluding carboxylic acids is 2. The van der Waals surface area contributed by atoms with Crippen molar-refractivity contribution in [2.75, 3.05) is 45.2 Å². The molecule has 2 fully saturated rings. The fourth-order valence-corrected chi connectivity index (χ4v) is 4.04. The molecule has 5 heteroatoms. The van der Waals surface area contributed by atoms with Gasteiger partial charge in [0.1, 0.15) is 0 Å². The maximum Gasteiger partial charge on any atom is 0.253 e. The van der Waals surface area contributed by atoms with Gasteiger partial charge in [0.15, 0.2) is 0 Å². The van der Waals surface area contributed by atoms with Gasteiger partial charge >= 0.3 is 0 Å². The monoisotopic (exact) mass is 357 g/mol. The number of rotatable bonds is 5. The normalized spacial score (nSPS) is 20.3. The summed E-state index contributed by atoms with van der Waals surface area (Å²) in [5.74, 6) is 0.852. The van der Waals surface area contributed by atoms with Crippen molar-refractivity contribution in [1.82, 2.24) is 9.80 Å². The third-order valence-electron chi connectivity index (χ3n) is 5.64. The second-order valence-corrected chi connectivity index (χ2v) is 7.83. The predicted molar refractivity (Wildman–Crippen MR) is 104 cm³/mol. The van der Waals surface area contributed by atoms with Gasteiger partial charge in [-0.2, -0.15) is 0 Å². The van der Waals surface area contributed by atoms with Gasteiger partial charge in [0.05, 0.1) is 0 Å². The molecule has 0 spiro atoms. The molecular formula is C21H31N3O2. The Balaban J connectivity index is 1.55. The van der Waals surface area contributed by atoms with Crippen LogP contribution >= 0.6 is 0 Å². The zero-order chi connectivity index (χ0) is 18.5.